The molecule has 0 bridgehead atoms. The van der Waals surface area contributed by atoms with Gasteiger partial charge in [0.15, 0.2) is 0 Å². The molecule has 3 aromatic rings. The molecule has 0 spiro atoms. The number of carbonyl (C=O) groups is 3. The molecule has 1 aromatic heterocycles. The monoisotopic (exact) mass is 739 g/mol. The lowest BCUT2D eigenvalue weighted by Crippen LogP contribution is -2.76. The molecule has 0 saturated carbocycles. The number of pyridine rings is 1. The van der Waals surface area contributed by atoms with Gasteiger partial charge in [0.05, 0.1) is 25.3 Å². The number of anilines is 1. The lowest BCUT2D eigenvalue weighted by molar-refractivity contribution is -0.189. The molecule has 3 atom stereocenters. The van der Waals surface area contributed by atoms with E-state index in [1.807, 2.05) is 48.5 Å². The molecule has 4 aliphatic rings. The van der Waals surface area contributed by atoms with Crippen LogP contribution in [0, 0.1) is 5.82 Å². The van der Waals surface area contributed by atoms with Gasteiger partial charge in [0, 0.05) is 70.4 Å². The summed E-state index contributed by atoms with van der Waals surface area (Å²) in [6.07, 6.45) is 0.592. The summed E-state index contributed by atoms with van der Waals surface area (Å²) in [5.41, 5.74) is 1.74. The van der Waals surface area contributed by atoms with Gasteiger partial charge in [-0.1, -0.05) is 55.5 Å². The normalized spacial score (nSPS) is 23.0. The highest BCUT2D eigenvalue weighted by Crippen LogP contribution is 2.31. The maximum atomic E-state index is 15.2. The molecule has 14 heteroatoms. The lowest BCUT2D eigenvalue weighted by atomic mass is 9.98. The predicted molar refractivity (Wildman–Crippen MR) is 202 cm³/mol. The maximum absolute atomic E-state index is 15.2. The van der Waals surface area contributed by atoms with Crippen LogP contribution in [0.15, 0.2) is 79.4 Å². The number of carbonyl (C=O) groups excluding carboxylic acids is 3. The minimum atomic E-state index is -1.11. The van der Waals surface area contributed by atoms with E-state index in [-0.39, 0.29) is 62.3 Å². The zero-order valence-corrected chi connectivity index (χ0v) is 31.1. The maximum Gasteiger partial charge on any atom is 0.334 e. The number of likely N-dealkylation sites (N-methyl/N-ethyl adjacent to an activating group) is 1. The Hall–Kier alpha value is -5.05. The summed E-state index contributed by atoms with van der Waals surface area (Å²) >= 11 is 0. The third kappa shape index (κ3) is 7.77. The zero-order valence-electron chi connectivity index (χ0n) is 31.1. The number of halogens is 1. The quantitative estimate of drug-likeness (QED) is 0.287. The van der Waals surface area contributed by atoms with E-state index in [4.69, 9.17) is 4.98 Å². The molecular formula is C40H50FN9O4. The van der Waals surface area contributed by atoms with E-state index in [0.29, 0.717) is 17.8 Å². The van der Waals surface area contributed by atoms with Crippen molar-refractivity contribution in [3.8, 4) is 5.75 Å². The molecule has 286 valence electrons. The van der Waals surface area contributed by atoms with Crippen molar-refractivity contribution >= 4 is 23.7 Å². The van der Waals surface area contributed by atoms with Gasteiger partial charge in [-0.05, 0) is 42.8 Å². The summed E-state index contributed by atoms with van der Waals surface area (Å²) in [4.78, 5) is 57.8. The highest BCUT2D eigenvalue weighted by molar-refractivity contribution is 5.91. The highest BCUT2D eigenvalue weighted by atomic mass is 19.1. The van der Waals surface area contributed by atoms with Gasteiger partial charge < -0.3 is 25.1 Å². The topological polar surface area (TPSA) is 119 Å². The fourth-order valence-electron chi connectivity index (χ4n) is 8.23. The molecular weight excluding hydrogens is 689 g/mol. The number of urea groups is 1. The molecule has 0 aliphatic carbocycles. The first-order chi connectivity index (χ1) is 26.1. The molecule has 2 N–H and O–H groups in total. The van der Waals surface area contributed by atoms with E-state index in [2.05, 4.69) is 40.4 Å². The number of hydrogen-bond donors (Lipinski definition) is 2. The number of aromatic hydroxyl groups is 1. The van der Waals surface area contributed by atoms with Crippen LogP contribution in [0.3, 0.4) is 0 Å². The minimum Gasteiger partial charge on any atom is -0.508 e. The van der Waals surface area contributed by atoms with Crippen molar-refractivity contribution in [2.45, 2.75) is 57.6 Å². The standard InChI is InChI=1S/C40H50FN9O4/c1-4-16-48-27-38(52)49-35(19-30-14-15-33(51)20-34(30)41)39(53)47(26-37(49)50(48)40(54)42-21-29-10-7-6-8-11-29)23-31-12-9-13-36(43-31)46-24-32(25-46)45-18-17-44(5-2)28(3)22-45/h4,6-15,20,28,32,35,37,51H,1,5,16-19,21-27H2,2-3H3,(H,42,54)/t28-,35+,37+/m1/s1. The molecule has 0 radical (unpaired) electrons. The van der Waals surface area contributed by atoms with Crippen LogP contribution in [0.5, 0.6) is 5.75 Å². The Balaban J connectivity index is 1.13. The molecule has 4 amide bonds. The van der Waals surface area contributed by atoms with Gasteiger partial charge in [-0.3, -0.25) is 19.4 Å². The highest BCUT2D eigenvalue weighted by Gasteiger charge is 2.51. The fraction of sp³-hybridized carbons (Fsp3) is 0.450. The minimum absolute atomic E-state index is 0.0190. The summed E-state index contributed by atoms with van der Waals surface area (Å²) < 4.78 is 15.2. The number of benzene rings is 2. The van der Waals surface area contributed by atoms with Crippen molar-refractivity contribution in [2.75, 3.05) is 63.8 Å². The second kappa shape index (κ2) is 16.1. The van der Waals surface area contributed by atoms with Gasteiger partial charge in [0.1, 0.15) is 29.6 Å². The van der Waals surface area contributed by atoms with Crippen LogP contribution in [0.4, 0.5) is 15.0 Å². The Morgan fingerprint density at radius 2 is 1.83 bits per heavy atom. The summed E-state index contributed by atoms with van der Waals surface area (Å²) in [5.74, 6) is -0.816. The number of piperazine rings is 2. The molecule has 0 unspecified atom stereocenters. The van der Waals surface area contributed by atoms with Gasteiger partial charge in [-0.2, -0.15) is 0 Å². The number of nitrogens with zero attached hydrogens (tertiary/aromatic N) is 8. The molecule has 5 heterocycles. The summed E-state index contributed by atoms with van der Waals surface area (Å²) in [7, 11) is 0. The van der Waals surface area contributed by atoms with E-state index in [1.165, 1.54) is 22.0 Å². The van der Waals surface area contributed by atoms with Gasteiger partial charge in [-0.15, -0.1) is 6.58 Å². The second-order valence-corrected chi connectivity index (χ2v) is 14.6. The van der Waals surface area contributed by atoms with Crippen LogP contribution in [0.2, 0.25) is 0 Å². The van der Waals surface area contributed by atoms with Gasteiger partial charge in [0.2, 0.25) is 11.8 Å². The summed E-state index contributed by atoms with van der Waals surface area (Å²) in [6, 6.07) is 18.5. The van der Waals surface area contributed by atoms with E-state index in [9.17, 15) is 19.5 Å². The number of fused-ring (bicyclic) bond motifs is 1. The number of phenolic OH excluding ortho intramolecular Hbond substituents is 1. The van der Waals surface area contributed by atoms with Gasteiger partial charge >= 0.3 is 6.03 Å². The third-order valence-corrected chi connectivity index (χ3v) is 11.2. The molecule has 4 aliphatic heterocycles. The first-order valence-corrected chi connectivity index (χ1v) is 18.9. The average Bonchev–Trinajstić information content (AvgIpc) is 3.13. The van der Waals surface area contributed by atoms with Crippen molar-refractivity contribution < 1.29 is 23.9 Å². The van der Waals surface area contributed by atoms with Crippen LogP contribution in [0.1, 0.15) is 30.7 Å². The Kier molecular flexibility index (Phi) is 11.1. The number of hydrogen-bond acceptors (Lipinski definition) is 9. The first-order valence-electron chi connectivity index (χ1n) is 18.9. The van der Waals surface area contributed by atoms with Gasteiger partial charge in [-0.25, -0.2) is 24.2 Å². The van der Waals surface area contributed by atoms with Gasteiger partial charge in [0.25, 0.3) is 0 Å². The van der Waals surface area contributed by atoms with Crippen LogP contribution in [0.25, 0.3) is 0 Å². The predicted octanol–water partition coefficient (Wildman–Crippen LogP) is 2.88. The number of amides is 4. The Morgan fingerprint density at radius 3 is 2.56 bits per heavy atom. The van der Waals surface area contributed by atoms with Crippen LogP contribution in [-0.2, 0) is 29.1 Å². The molecule has 4 saturated heterocycles. The number of nitrogens with one attached hydrogen (secondary N) is 1. The van der Waals surface area contributed by atoms with E-state index >= 15 is 4.39 Å². The van der Waals surface area contributed by atoms with Crippen LogP contribution < -0.4 is 10.2 Å². The molecule has 13 nitrogen and oxygen atoms in total. The number of rotatable bonds is 11. The lowest BCUT2D eigenvalue weighted by Gasteiger charge is -2.55. The molecule has 54 heavy (non-hydrogen) atoms. The number of phenols is 1. The SMILES string of the molecule is C=CCN1CC(=O)N2[C@@H](Cc3ccc(O)cc3F)C(=O)N(Cc3cccc(N4CC(N5CCN(CC)[C@H](C)C5)C4)n3)C[C@@H]2N1C(=O)NCc1ccccc1. The van der Waals surface area contributed by atoms with Crippen LogP contribution >= 0.6 is 0 Å². The van der Waals surface area contributed by atoms with Crippen molar-refractivity contribution in [3.05, 3.63) is 102 Å². The molecule has 2 aromatic carbocycles. The largest absolute Gasteiger partial charge is 0.508 e. The number of hydrazine groups is 1. The van der Waals surface area contributed by atoms with E-state index in [0.717, 1.165) is 56.7 Å². The van der Waals surface area contributed by atoms with Crippen molar-refractivity contribution in [2.24, 2.45) is 0 Å². The van der Waals surface area contributed by atoms with Crippen molar-refractivity contribution in [1.82, 2.24) is 39.9 Å². The fourth-order valence-corrected chi connectivity index (χ4v) is 8.23. The zero-order chi connectivity index (χ0) is 37.9. The Bertz CT molecular complexity index is 1840. The Morgan fingerprint density at radius 1 is 1.04 bits per heavy atom. The van der Waals surface area contributed by atoms with Crippen molar-refractivity contribution in [3.63, 3.8) is 0 Å². The van der Waals surface area contributed by atoms with Crippen LogP contribution in [-0.4, -0.2) is 141 Å². The first kappa shape index (κ1) is 37.3. The van der Waals surface area contributed by atoms with Crippen molar-refractivity contribution in [1.29, 1.82) is 0 Å². The third-order valence-electron chi connectivity index (χ3n) is 11.2. The Labute approximate surface area is 316 Å². The number of aromatic nitrogens is 1. The van der Waals surface area contributed by atoms with E-state index < -0.39 is 24.1 Å². The summed E-state index contributed by atoms with van der Waals surface area (Å²) in [6.45, 7) is 14.8. The average molecular weight is 740 g/mol. The second-order valence-electron chi connectivity index (χ2n) is 14.6. The smallest absolute Gasteiger partial charge is 0.334 e. The van der Waals surface area contributed by atoms with E-state index in [1.54, 1.807) is 16.0 Å². The molecule has 7 rings (SSSR count). The summed E-state index contributed by atoms with van der Waals surface area (Å²) in [5, 5.41) is 16.0. The molecule has 4 fully saturated rings.